The highest BCUT2D eigenvalue weighted by Gasteiger charge is 2.17. The Morgan fingerprint density at radius 2 is 2.04 bits per heavy atom. The molecule has 2 aromatic carbocycles. The highest BCUT2D eigenvalue weighted by molar-refractivity contribution is 5.96. The molecule has 0 radical (unpaired) electrons. The number of carbonyl (C=O) groups is 2. The molecule has 0 atom stereocenters. The Bertz CT molecular complexity index is 819. The molecule has 0 saturated heterocycles. The molecule has 0 bridgehead atoms. The molecular formula is C18H18N2O5. The van der Waals surface area contributed by atoms with Crippen molar-refractivity contribution in [2.45, 2.75) is 6.42 Å². The molecule has 2 N–H and O–H groups in total. The highest BCUT2D eigenvalue weighted by atomic mass is 16.5. The minimum absolute atomic E-state index is 0.00406. The molecule has 0 aliphatic carbocycles. The molecule has 3 rings (SSSR count). The molecule has 1 heterocycles. The van der Waals surface area contributed by atoms with E-state index in [4.69, 9.17) is 14.2 Å². The first-order chi connectivity index (χ1) is 12.1. The summed E-state index contributed by atoms with van der Waals surface area (Å²) in [4.78, 5) is 23.7. The summed E-state index contributed by atoms with van der Waals surface area (Å²) in [7, 11) is 3.09. The molecule has 1 aliphatic heterocycles. The van der Waals surface area contributed by atoms with Gasteiger partial charge in [0.1, 0.15) is 17.2 Å². The van der Waals surface area contributed by atoms with Crippen molar-refractivity contribution in [1.29, 1.82) is 0 Å². The Morgan fingerprint density at radius 3 is 2.80 bits per heavy atom. The number of fused-ring (bicyclic) bond motifs is 1. The number of nitrogens with one attached hydrogen (secondary N) is 2. The topological polar surface area (TPSA) is 85.9 Å². The summed E-state index contributed by atoms with van der Waals surface area (Å²) in [6, 6.07) is 10.4. The van der Waals surface area contributed by atoms with Crippen molar-refractivity contribution in [3.05, 3.63) is 42.0 Å². The molecule has 7 nitrogen and oxygen atoms in total. The van der Waals surface area contributed by atoms with E-state index in [1.807, 2.05) is 0 Å². The van der Waals surface area contributed by atoms with Crippen LogP contribution < -0.4 is 24.8 Å². The van der Waals surface area contributed by atoms with Crippen LogP contribution in [0.25, 0.3) is 0 Å². The maximum Gasteiger partial charge on any atom is 0.262 e. The third kappa shape index (κ3) is 3.82. The van der Waals surface area contributed by atoms with Gasteiger partial charge in [-0.25, -0.2) is 0 Å². The number of hydrogen-bond acceptors (Lipinski definition) is 5. The van der Waals surface area contributed by atoms with Crippen molar-refractivity contribution in [2.24, 2.45) is 0 Å². The van der Waals surface area contributed by atoms with Crippen molar-refractivity contribution in [2.75, 3.05) is 31.5 Å². The predicted molar refractivity (Wildman–Crippen MR) is 92.4 cm³/mol. The van der Waals surface area contributed by atoms with Crippen LogP contribution in [0.4, 0.5) is 11.4 Å². The molecule has 1 aliphatic rings. The molecule has 0 saturated carbocycles. The number of amides is 2. The number of methoxy groups -OCH3 is 2. The summed E-state index contributed by atoms with van der Waals surface area (Å²) in [6.07, 6.45) is 0.151. The first-order valence-electron chi connectivity index (χ1n) is 7.66. The minimum atomic E-state index is -0.211. The van der Waals surface area contributed by atoms with Gasteiger partial charge in [0, 0.05) is 6.07 Å². The van der Waals surface area contributed by atoms with Crippen LogP contribution in [0.1, 0.15) is 5.56 Å². The molecule has 0 unspecified atom stereocenters. The van der Waals surface area contributed by atoms with Gasteiger partial charge in [-0.05, 0) is 29.8 Å². The highest BCUT2D eigenvalue weighted by Crippen LogP contribution is 2.30. The van der Waals surface area contributed by atoms with Crippen LogP contribution in [0.15, 0.2) is 36.4 Å². The third-order valence-corrected chi connectivity index (χ3v) is 3.72. The fraction of sp³-hybridized carbons (Fsp3) is 0.222. The summed E-state index contributed by atoms with van der Waals surface area (Å²) in [5, 5.41) is 5.54. The van der Waals surface area contributed by atoms with Crippen LogP contribution in [0.3, 0.4) is 0 Å². The van der Waals surface area contributed by atoms with Crippen LogP contribution in [0.5, 0.6) is 17.2 Å². The Morgan fingerprint density at radius 1 is 1.20 bits per heavy atom. The number of hydrogen-bond donors (Lipinski definition) is 2. The van der Waals surface area contributed by atoms with Gasteiger partial charge in [0.2, 0.25) is 5.91 Å². The molecule has 0 aromatic heterocycles. The van der Waals surface area contributed by atoms with E-state index in [1.165, 1.54) is 7.11 Å². The van der Waals surface area contributed by atoms with Crippen molar-refractivity contribution in [3.63, 3.8) is 0 Å². The van der Waals surface area contributed by atoms with E-state index in [2.05, 4.69) is 10.6 Å². The van der Waals surface area contributed by atoms with E-state index in [0.717, 1.165) is 5.56 Å². The molecule has 25 heavy (non-hydrogen) atoms. The summed E-state index contributed by atoms with van der Waals surface area (Å²) in [6.45, 7) is 0.00406. The van der Waals surface area contributed by atoms with Crippen LogP contribution in [0.2, 0.25) is 0 Å². The van der Waals surface area contributed by atoms with E-state index in [1.54, 1.807) is 43.5 Å². The van der Waals surface area contributed by atoms with E-state index in [0.29, 0.717) is 28.6 Å². The minimum Gasteiger partial charge on any atom is -0.497 e. The molecular weight excluding hydrogens is 324 g/mol. The van der Waals surface area contributed by atoms with E-state index in [-0.39, 0.29) is 24.8 Å². The normalized spacial score (nSPS) is 12.5. The smallest absolute Gasteiger partial charge is 0.262 e. The zero-order valence-corrected chi connectivity index (χ0v) is 13.9. The fourth-order valence-electron chi connectivity index (χ4n) is 2.52. The number of ether oxygens (including phenoxy) is 3. The van der Waals surface area contributed by atoms with Crippen molar-refractivity contribution in [1.82, 2.24) is 0 Å². The van der Waals surface area contributed by atoms with E-state index in [9.17, 15) is 9.59 Å². The van der Waals surface area contributed by atoms with Gasteiger partial charge in [0.15, 0.2) is 6.61 Å². The van der Waals surface area contributed by atoms with Gasteiger partial charge in [-0.2, -0.15) is 0 Å². The third-order valence-electron chi connectivity index (χ3n) is 3.72. The second kappa shape index (κ2) is 7.12. The number of rotatable bonds is 5. The van der Waals surface area contributed by atoms with Crippen molar-refractivity contribution < 1.29 is 23.8 Å². The zero-order valence-electron chi connectivity index (χ0n) is 13.9. The monoisotopic (exact) mass is 342 g/mol. The molecule has 7 heteroatoms. The second-order valence-corrected chi connectivity index (χ2v) is 5.46. The Hall–Kier alpha value is -3.22. The van der Waals surface area contributed by atoms with Gasteiger partial charge >= 0.3 is 0 Å². The van der Waals surface area contributed by atoms with Crippen LogP contribution in [0, 0.1) is 0 Å². The van der Waals surface area contributed by atoms with Gasteiger partial charge in [0.05, 0.1) is 32.0 Å². The maximum absolute atomic E-state index is 12.3. The maximum atomic E-state index is 12.3. The van der Waals surface area contributed by atoms with Gasteiger partial charge in [-0.15, -0.1) is 0 Å². The van der Waals surface area contributed by atoms with Crippen LogP contribution in [-0.2, 0) is 16.0 Å². The summed E-state index contributed by atoms with van der Waals surface area (Å²) >= 11 is 0. The first-order valence-corrected chi connectivity index (χ1v) is 7.66. The lowest BCUT2D eigenvalue weighted by atomic mass is 10.1. The quantitative estimate of drug-likeness (QED) is 0.870. The predicted octanol–water partition coefficient (Wildman–Crippen LogP) is 2.22. The van der Waals surface area contributed by atoms with E-state index >= 15 is 0 Å². The van der Waals surface area contributed by atoms with Crippen molar-refractivity contribution in [3.8, 4) is 17.2 Å². The summed E-state index contributed by atoms with van der Waals surface area (Å²) < 4.78 is 15.7. The standard InChI is InChI=1S/C18H18N2O5/c1-23-12-4-5-13(16(9-12)24-2)19-17(21)8-11-3-6-15-14(7-11)20-18(22)10-25-15/h3-7,9H,8,10H2,1-2H3,(H,19,21)(H,20,22). The Balaban J connectivity index is 1.71. The van der Waals surface area contributed by atoms with Gasteiger partial charge in [-0.3, -0.25) is 9.59 Å². The van der Waals surface area contributed by atoms with Crippen molar-refractivity contribution >= 4 is 23.2 Å². The SMILES string of the molecule is COc1ccc(NC(=O)Cc2ccc3c(c2)NC(=O)CO3)c(OC)c1. The van der Waals surface area contributed by atoms with E-state index < -0.39 is 0 Å². The lowest BCUT2D eigenvalue weighted by molar-refractivity contribution is -0.118. The Kier molecular flexibility index (Phi) is 4.74. The second-order valence-electron chi connectivity index (χ2n) is 5.46. The lowest BCUT2D eigenvalue weighted by Gasteiger charge is -2.18. The Labute approximate surface area is 144 Å². The number of carbonyl (C=O) groups excluding carboxylic acids is 2. The van der Waals surface area contributed by atoms with Gasteiger partial charge in [-0.1, -0.05) is 6.07 Å². The molecule has 2 aromatic rings. The fourth-order valence-corrected chi connectivity index (χ4v) is 2.52. The molecule has 130 valence electrons. The zero-order chi connectivity index (χ0) is 17.8. The summed E-state index contributed by atoms with van der Waals surface area (Å²) in [5.41, 5.74) is 1.89. The molecule has 2 amide bonds. The molecule has 0 fully saturated rings. The number of benzene rings is 2. The van der Waals surface area contributed by atoms with Crippen LogP contribution in [-0.4, -0.2) is 32.6 Å². The largest absolute Gasteiger partial charge is 0.497 e. The average Bonchev–Trinajstić information content (AvgIpc) is 2.61. The van der Waals surface area contributed by atoms with Gasteiger partial charge in [0.25, 0.3) is 5.91 Å². The van der Waals surface area contributed by atoms with Crippen LogP contribution >= 0.6 is 0 Å². The average molecular weight is 342 g/mol. The number of anilines is 2. The van der Waals surface area contributed by atoms with Gasteiger partial charge < -0.3 is 24.8 Å². The lowest BCUT2D eigenvalue weighted by Crippen LogP contribution is -2.25. The summed E-state index contributed by atoms with van der Waals surface area (Å²) in [5.74, 6) is 1.34. The first kappa shape index (κ1) is 16.6. The molecule has 0 spiro atoms.